The van der Waals surface area contributed by atoms with Gasteiger partial charge in [0.05, 0.1) is 12.0 Å². The molecule has 0 fully saturated rings. The highest BCUT2D eigenvalue weighted by Crippen LogP contribution is 2.35. The summed E-state index contributed by atoms with van der Waals surface area (Å²) in [6, 6.07) is 15.7. The molecule has 0 bridgehead atoms. The molecule has 1 heterocycles. The fourth-order valence-corrected chi connectivity index (χ4v) is 3.57. The van der Waals surface area contributed by atoms with E-state index in [2.05, 4.69) is 9.72 Å². The van der Waals surface area contributed by atoms with Crippen molar-refractivity contribution in [3.05, 3.63) is 60.5 Å². The van der Waals surface area contributed by atoms with Crippen molar-refractivity contribution in [1.82, 2.24) is 4.98 Å². The number of primary sulfonamides is 1. The van der Waals surface area contributed by atoms with E-state index < -0.39 is 10.0 Å². The summed E-state index contributed by atoms with van der Waals surface area (Å²) in [5.41, 5.74) is 1.52. The molecule has 0 unspecified atom stereocenters. The van der Waals surface area contributed by atoms with Crippen molar-refractivity contribution in [3.63, 3.8) is 0 Å². The maximum absolute atomic E-state index is 12.0. The molecule has 0 amide bonds. The first-order chi connectivity index (χ1) is 13.4. The van der Waals surface area contributed by atoms with Gasteiger partial charge in [-0.25, -0.2) is 18.5 Å². The number of carbonyl (C=O) groups is 1. The van der Waals surface area contributed by atoms with Crippen LogP contribution in [0.4, 0.5) is 0 Å². The van der Waals surface area contributed by atoms with Crippen molar-refractivity contribution >= 4 is 16.0 Å². The van der Waals surface area contributed by atoms with Crippen molar-refractivity contribution < 1.29 is 22.4 Å². The lowest BCUT2D eigenvalue weighted by molar-refractivity contribution is -0.140. The standard InChI is InChI=1S/C20H20N2O5S/c1-26-18(23)13-7-12-17-22-19(20(27-17)14-8-3-2-4-9-14)15-10-5-6-11-16(15)28(21,24)25/h2-6,8-11H,7,12-13H2,1H3,(H2,21,24,25). The van der Waals surface area contributed by atoms with Crippen LogP contribution in [0.3, 0.4) is 0 Å². The van der Waals surface area contributed by atoms with Gasteiger partial charge >= 0.3 is 5.97 Å². The maximum Gasteiger partial charge on any atom is 0.305 e. The van der Waals surface area contributed by atoms with Crippen LogP contribution < -0.4 is 5.14 Å². The molecule has 0 aliphatic carbocycles. The van der Waals surface area contributed by atoms with E-state index in [1.165, 1.54) is 13.2 Å². The predicted octanol–water partition coefficient (Wildman–Crippen LogP) is 3.15. The fourth-order valence-electron chi connectivity index (χ4n) is 2.84. The summed E-state index contributed by atoms with van der Waals surface area (Å²) < 4.78 is 34.6. The van der Waals surface area contributed by atoms with Crippen LogP contribution >= 0.6 is 0 Å². The van der Waals surface area contributed by atoms with E-state index in [-0.39, 0.29) is 17.3 Å². The van der Waals surface area contributed by atoms with Crippen LogP contribution in [0.2, 0.25) is 0 Å². The van der Waals surface area contributed by atoms with E-state index >= 15 is 0 Å². The van der Waals surface area contributed by atoms with Crippen molar-refractivity contribution in [1.29, 1.82) is 0 Å². The van der Waals surface area contributed by atoms with E-state index in [1.54, 1.807) is 18.2 Å². The zero-order chi connectivity index (χ0) is 20.1. The summed E-state index contributed by atoms with van der Waals surface area (Å²) in [6.45, 7) is 0. The summed E-state index contributed by atoms with van der Waals surface area (Å²) in [4.78, 5) is 15.8. The number of carbonyl (C=O) groups excluding carboxylic acids is 1. The molecule has 3 rings (SSSR count). The Balaban J connectivity index is 2.06. The van der Waals surface area contributed by atoms with Gasteiger partial charge in [-0.1, -0.05) is 48.5 Å². The zero-order valence-corrected chi connectivity index (χ0v) is 16.1. The molecular formula is C20H20N2O5S. The molecule has 146 valence electrons. The Bertz CT molecular complexity index is 1070. The van der Waals surface area contributed by atoms with Crippen LogP contribution in [-0.2, 0) is 26.0 Å². The lowest BCUT2D eigenvalue weighted by atomic mass is 10.1. The Kier molecular flexibility index (Phi) is 5.91. The predicted molar refractivity (Wildman–Crippen MR) is 104 cm³/mol. The van der Waals surface area contributed by atoms with E-state index in [4.69, 9.17) is 9.56 Å². The minimum atomic E-state index is -3.95. The molecule has 0 aliphatic heterocycles. The average molecular weight is 400 g/mol. The molecule has 0 atom stereocenters. The smallest absolute Gasteiger partial charge is 0.305 e. The molecule has 0 spiro atoms. The third kappa shape index (κ3) is 4.47. The van der Waals surface area contributed by atoms with Gasteiger partial charge in [-0.2, -0.15) is 0 Å². The Labute approximate surface area is 163 Å². The maximum atomic E-state index is 12.0. The second-order valence-corrected chi connectivity index (χ2v) is 7.65. The summed E-state index contributed by atoms with van der Waals surface area (Å²) >= 11 is 0. The molecule has 7 nitrogen and oxygen atoms in total. The van der Waals surface area contributed by atoms with Gasteiger partial charge in [-0.15, -0.1) is 0 Å². The van der Waals surface area contributed by atoms with Gasteiger partial charge in [-0.05, 0) is 12.5 Å². The third-order valence-electron chi connectivity index (χ3n) is 4.16. The molecule has 0 saturated heterocycles. The van der Waals surface area contributed by atoms with Crippen molar-refractivity contribution in [2.45, 2.75) is 24.2 Å². The number of nitrogens with zero attached hydrogens (tertiary/aromatic N) is 1. The highest BCUT2D eigenvalue weighted by atomic mass is 32.2. The number of hydrogen-bond acceptors (Lipinski definition) is 6. The zero-order valence-electron chi connectivity index (χ0n) is 15.3. The van der Waals surface area contributed by atoms with Crippen LogP contribution in [0.5, 0.6) is 0 Å². The highest BCUT2D eigenvalue weighted by Gasteiger charge is 2.22. The number of benzene rings is 2. The van der Waals surface area contributed by atoms with Crippen LogP contribution in [0.1, 0.15) is 18.7 Å². The topological polar surface area (TPSA) is 112 Å². The molecule has 0 aliphatic rings. The molecule has 28 heavy (non-hydrogen) atoms. The van der Waals surface area contributed by atoms with Crippen molar-refractivity contribution in [2.75, 3.05) is 7.11 Å². The normalized spacial score (nSPS) is 11.4. The lowest BCUT2D eigenvalue weighted by Crippen LogP contribution is -2.13. The number of oxazole rings is 1. The highest BCUT2D eigenvalue weighted by molar-refractivity contribution is 7.89. The second kappa shape index (κ2) is 8.37. The van der Waals surface area contributed by atoms with Crippen molar-refractivity contribution in [3.8, 4) is 22.6 Å². The number of aromatic nitrogens is 1. The number of methoxy groups -OCH3 is 1. The van der Waals surface area contributed by atoms with Gasteiger partial charge in [0, 0.05) is 24.0 Å². The molecular weight excluding hydrogens is 380 g/mol. The van der Waals surface area contributed by atoms with E-state index in [9.17, 15) is 13.2 Å². The lowest BCUT2D eigenvalue weighted by Gasteiger charge is -2.06. The first kappa shape index (κ1) is 19.8. The molecule has 0 radical (unpaired) electrons. The summed E-state index contributed by atoms with van der Waals surface area (Å²) in [6.07, 6.45) is 1.15. The second-order valence-electron chi connectivity index (χ2n) is 6.12. The summed E-state index contributed by atoms with van der Waals surface area (Å²) in [7, 11) is -2.61. The Morgan fingerprint density at radius 2 is 1.79 bits per heavy atom. The number of aryl methyl sites for hydroxylation is 1. The van der Waals surface area contributed by atoms with Gasteiger partial charge in [0.15, 0.2) is 11.7 Å². The van der Waals surface area contributed by atoms with Gasteiger partial charge in [0.1, 0.15) is 5.69 Å². The minimum absolute atomic E-state index is 0.0263. The molecule has 0 saturated carbocycles. The summed E-state index contributed by atoms with van der Waals surface area (Å²) in [5, 5.41) is 5.38. The number of nitrogens with two attached hydrogens (primary N) is 1. The van der Waals surface area contributed by atoms with Crippen molar-refractivity contribution in [2.24, 2.45) is 5.14 Å². The molecule has 1 aromatic heterocycles. The fraction of sp³-hybridized carbons (Fsp3) is 0.200. The van der Waals surface area contributed by atoms with E-state index in [1.807, 2.05) is 30.3 Å². The van der Waals surface area contributed by atoms with E-state index in [0.29, 0.717) is 35.7 Å². The number of esters is 1. The van der Waals surface area contributed by atoms with Crippen LogP contribution in [0.25, 0.3) is 22.6 Å². The molecule has 3 aromatic rings. The summed E-state index contributed by atoms with van der Waals surface area (Å²) in [5.74, 6) is 0.543. The number of ether oxygens (including phenoxy) is 1. The largest absolute Gasteiger partial charge is 0.469 e. The minimum Gasteiger partial charge on any atom is -0.469 e. The van der Waals surface area contributed by atoms with Gasteiger partial charge in [0.25, 0.3) is 0 Å². The van der Waals surface area contributed by atoms with Crippen LogP contribution in [0, 0.1) is 0 Å². The van der Waals surface area contributed by atoms with Crippen LogP contribution in [0.15, 0.2) is 63.9 Å². The monoisotopic (exact) mass is 400 g/mol. The molecule has 8 heteroatoms. The Morgan fingerprint density at radius 1 is 1.11 bits per heavy atom. The van der Waals surface area contributed by atoms with Crippen LogP contribution in [-0.4, -0.2) is 26.5 Å². The number of rotatable bonds is 7. The number of sulfonamides is 1. The first-order valence-corrected chi connectivity index (χ1v) is 10.2. The molecule has 2 N–H and O–H groups in total. The molecule has 2 aromatic carbocycles. The van der Waals surface area contributed by atoms with Gasteiger partial charge < -0.3 is 9.15 Å². The van der Waals surface area contributed by atoms with Gasteiger partial charge in [-0.3, -0.25) is 4.79 Å². The average Bonchev–Trinajstić information content (AvgIpc) is 3.12. The Hall–Kier alpha value is -2.97. The SMILES string of the molecule is COC(=O)CCCc1nc(-c2ccccc2S(N)(=O)=O)c(-c2ccccc2)o1. The Morgan fingerprint density at radius 3 is 2.46 bits per heavy atom. The van der Waals surface area contributed by atoms with Gasteiger partial charge in [0.2, 0.25) is 10.0 Å². The van der Waals surface area contributed by atoms with E-state index in [0.717, 1.165) is 5.56 Å². The quantitative estimate of drug-likeness (QED) is 0.610. The first-order valence-electron chi connectivity index (χ1n) is 8.64. The third-order valence-corrected chi connectivity index (χ3v) is 5.12. The number of hydrogen-bond donors (Lipinski definition) is 1.